The Kier molecular flexibility index (Phi) is 4.36. The average molecular weight is 302 g/mol. The van der Waals surface area contributed by atoms with Gasteiger partial charge in [-0.05, 0) is 36.6 Å². The number of rotatable bonds is 4. The molecule has 1 aliphatic rings. The lowest BCUT2D eigenvalue weighted by Crippen LogP contribution is -2.30. The predicted molar refractivity (Wildman–Crippen MR) is 81.0 cm³/mol. The van der Waals surface area contributed by atoms with Crippen LogP contribution in [0.5, 0.6) is 5.75 Å². The molecule has 2 aromatic rings. The van der Waals surface area contributed by atoms with Gasteiger partial charge in [-0.1, -0.05) is 12.1 Å². The highest BCUT2D eigenvalue weighted by molar-refractivity contribution is 5.30. The first-order valence-electron chi connectivity index (χ1n) is 7.36. The summed E-state index contributed by atoms with van der Waals surface area (Å²) >= 11 is 0. The lowest BCUT2D eigenvalue weighted by Gasteiger charge is -2.20. The fraction of sp³-hybridized carbons (Fsp3) is 0.353. The molecule has 3 rings (SSSR count). The molecule has 1 aliphatic heterocycles. The maximum atomic E-state index is 13.2. The number of hydrogen-bond donors (Lipinski definition) is 2. The van der Waals surface area contributed by atoms with Crippen molar-refractivity contribution < 1.29 is 14.2 Å². The lowest BCUT2D eigenvalue weighted by molar-refractivity contribution is 0.134. The summed E-state index contributed by atoms with van der Waals surface area (Å²) in [5.41, 5.74) is 1.67. The average Bonchev–Trinajstić information content (AvgIpc) is 3.04. The smallest absolute Gasteiger partial charge is 0.141 e. The second kappa shape index (κ2) is 6.42. The molecule has 0 spiro atoms. The molecule has 1 saturated heterocycles. The van der Waals surface area contributed by atoms with Gasteiger partial charge in [-0.3, -0.25) is 4.98 Å². The number of benzene rings is 1. The number of methoxy groups -OCH3 is 1. The van der Waals surface area contributed by atoms with Gasteiger partial charge in [0.2, 0.25) is 0 Å². The topological polar surface area (TPSA) is 54.4 Å². The van der Waals surface area contributed by atoms with Gasteiger partial charge in [-0.15, -0.1) is 0 Å². The van der Waals surface area contributed by atoms with E-state index in [4.69, 9.17) is 4.74 Å². The highest BCUT2D eigenvalue weighted by Gasteiger charge is 2.31. The van der Waals surface area contributed by atoms with Crippen molar-refractivity contribution in [3.8, 4) is 5.75 Å². The number of aliphatic hydroxyl groups is 1. The highest BCUT2D eigenvalue weighted by Crippen LogP contribution is 2.32. The van der Waals surface area contributed by atoms with Crippen LogP contribution < -0.4 is 10.1 Å². The maximum absolute atomic E-state index is 13.2. The molecule has 0 bridgehead atoms. The van der Waals surface area contributed by atoms with Crippen molar-refractivity contribution in [1.82, 2.24) is 10.3 Å². The van der Waals surface area contributed by atoms with Gasteiger partial charge in [0.25, 0.3) is 0 Å². The monoisotopic (exact) mass is 302 g/mol. The van der Waals surface area contributed by atoms with E-state index in [1.165, 1.54) is 12.3 Å². The number of aliphatic hydroxyl groups excluding tert-OH is 1. The van der Waals surface area contributed by atoms with E-state index < -0.39 is 11.9 Å². The molecule has 0 saturated carbocycles. The van der Waals surface area contributed by atoms with Crippen molar-refractivity contribution in [3.05, 3.63) is 59.7 Å². The molecule has 4 nitrogen and oxygen atoms in total. The van der Waals surface area contributed by atoms with E-state index in [9.17, 15) is 9.50 Å². The summed E-state index contributed by atoms with van der Waals surface area (Å²) in [5, 5.41) is 13.8. The molecule has 1 aromatic heterocycles. The minimum atomic E-state index is -0.758. The molecule has 22 heavy (non-hydrogen) atoms. The Morgan fingerprint density at radius 1 is 1.27 bits per heavy atom. The number of halogens is 1. The molecule has 2 heterocycles. The summed E-state index contributed by atoms with van der Waals surface area (Å²) in [7, 11) is 1.64. The largest absolute Gasteiger partial charge is 0.497 e. The van der Waals surface area contributed by atoms with Crippen LogP contribution in [0, 0.1) is 5.82 Å². The number of nitrogens with one attached hydrogen (secondary N) is 1. The zero-order chi connectivity index (χ0) is 15.5. The number of pyridine rings is 1. The minimum absolute atomic E-state index is 0.101. The lowest BCUT2D eigenvalue weighted by atomic mass is 10.0. The van der Waals surface area contributed by atoms with Crippen LogP contribution in [0.3, 0.4) is 0 Å². The Hall–Kier alpha value is -1.98. The Morgan fingerprint density at radius 2 is 2.05 bits per heavy atom. The van der Waals surface area contributed by atoms with Crippen molar-refractivity contribution in [2.75, 3.05) is 7.11 Å². The normalized spacial score (nSPS) is 22.5. The van der Waals surface area contributed by atoms with Gasteiger partial charge in [-0.2, -0.15) is 0 Å². The van der Waals surface area contributed by atoms with Gasteiger partial charge >= 0.3 is 0 Å². The molecule has 116 valence electrons. The number of nitrogens with zero attached hydrogens (tertiary/aromatic N) is 1. The first kappa shape index (κ1) is 14.9. The standard InChI is InChI=1S/C17H19FN2O2/c1-22-14-4-2-11(3-5-14)15-6-7-16(20-15)17(21)12-8-13(18)10-19-9-12/h2-5,8-10,15-17,20-21H,6-7H2,1H3/t15-,16+,17+/m0/s1. The van der Waals surface area contributed by atoms with Crippen molar-refractivity contribution in [2.45, 2.75) is 31.0 Å². The van der Waals surface area contributed by atoms with Crippen molar-refractivity contribution in [2.24, 2.45) is 0 Å². The van der Waals surface area contributed by atoms with Gasteiger partial charge in [-0.25, -0.2) is 4.39 Å². The predicted octanol–water partition coefficient (Wildman–Crippen LogP) is 2.76. The van der Waals surface area contributed by atoms with Crippen molar-refractivity contribution in [1.29, 1.82) is 0 Å². The Morgan fingerprint density at radius 3 is 2.73 bits per heavy atom. The second-order valence-electron chi connectivity index (χ2n) is 5.56. The van der Waals surface area contributed by atoms with Crippen LogP contribution in [-0.2, 0) is 0 Å². The quantitative estimate of drug-likeness (QED) is 0.912. The first-order valence-corrected chi connectivity index (χ1v) is 7.36. The molecule has 0 unspecified atom stereocenters. The van der Waals surface area contributed by atoms with Gasteiger partial charge in [0.05, 0.1) is 19.4 Å². The van der Waals surface area contributed by atoms with Crippen LogP contribution in [0.25, 0.3) is 0 Å². The summed E-state index contributed by atoms with van der Waals surface area (Å²) in [6, 6.07) is 9.32. The second-order valence-corrected chi connectivity index (χ2v) is 5.56. The van der Waals surface area contributed by atoms with Gasteiger partial charge in [0, 0.05) is 23.8 Å². The van der Waals surface area contributed by atoms with E-state index >= 15 is 0 Å². The summed E-state index contributed by atoms with van der Waals surface area (Å²) < 4.78 is 18.4. The molecule has 5 heteroatoms. The van der Waals surface area contributed by atoms with Gasteiger partial charge in [0.15, 0.2) is 0 Å². The number of hydrogen-bond acceptors (Lipinski definition) is 4. The summed E-state index contributed by atoms with van der Waals surface area (Å²) in [6.45, 7) is 0. The van der Waals surface area contributed by atoms with Crippen LogP contribution in [0.2, 0.25) is 0 Å². The third-order valence-electron chi connectivity index (χ3n) is 4.15. The van der Waals surface area contributed by atoms with Crippen LogP contribution in [-0.4, -0.2) is 23.2 Å². The Bertz CT molecular complexity index is 633. The van der Waals surface area contributed by atoms with Crippen molar-refractivity contribution >= 4 is 0 Å². The van der Waals surface area contributed by atoms with E-state index in [0.29, 0.717) is 5.56 Å². The maximum Gasteiger partial charge on any atom is 0.141 e. The fourth-order valence-electron chi connectivity index (χ4n) is 2.94. The fourth-order valence-corrected chi connectivity index (χ4v) is 2.94. The zero-order valence-electron chi connectivity index (χ0n) is 12.4. The third-order valence-corrected chi connectivity index (χ3v) is 4.15. The van der Waals surface area contributed by atoms with E-state index in [1.807, 2.05) is 24.3 Å². The molecule has 0 aliphatic carbocycles. The van der Waals surface area contributed by atoms with Crippen LogP contribution >= 0.6 is 0 Å². The van der Waals surface area contributed by atoms with Crippen molar-refractivity contribution in [3.63, 3.8) is 0 Å². The van der Waals surface area contributed by atoms with Crippen LogP contribution in [0.15, 0.2) is 42.7 Å². The molecule has 0 radical (unpaired) electrons. The summed E-state index contributed by atoms with van der Waals surface area (Å²) in [6.07, 6.45) is 3.64. The van der Waals surface area contributed by atoms with E-state index in [-0.39, 0.29) is 12.1 Å². The molecule has 3 atom stereocenters. The van der Waals surface area contributed by atoms with E-state index in [1.54, 1.807) is 7.11 Å². The highest BCUT2D eigenvalue weighted by atomic mass is 19.1. The minimum Gasteiger partial charge on any atom is -0.497 e. The number of aromatic nitrogens is 1. The van der Waals surface area contributed by atoms with Gasteiger partial charge < -0.3 is 15.2 Å². The summed E-state index contributed by atoms with van der Waals surface area (Å²) in [5.74, 6) is 0.394. The zero-order valence-corrected chi connectivity index (χ0v) is 12.4. The molecular formula is C17H19FN2O2. The van der Waals surface area contributed by atoms with E-state index in [0.717, 1.165) is 30.4 Å². The molecule has 1 fully saturated rings. The molecule has 1 aromatic carbocycles. The third kappa shape index (κ3) is 3.10. The van der Waals surface area contributed by atoms with Gasteiger partial charge in [0.1, 0.15) is 11.6 Å². The van der Waals surface area contributed by atoms with E-state index in [2.05, 4.69) is 10.3 Å². The number of ether oxygens (including phenoxy) is 1. The first-order chi connectivity index (χ1) is 10.7. The molecule has 0 amide bonds. The SMILES string of the molecule is COc1ccc([C@@H]2CC[C@H]([C@H](O)c3cncc(F)c3)N2)cc1. The van der Waals surface area contributed by atoms with Crippen LogP contribution in [0.4, 0.5) is 4.39 Å². The Labute approximate surface area is 129 Å². The molecule has 2 N–H and O–H groups in total. The van der Waals surface area contributed by atoms with Crippen LogP contribution in [0.1, 0.15) is 36.1 Å². The Balaban J connectivity index is 1.68. The summed E-state index contributed by atoms with van der Waals surface area (Å²) in [4.78, 5) is 3.80. The molecular weight excluding hydrogens is 283 g/mol.